The van der Waals surface area contributed by atoms with Crippen LogP contribution < -0.4 is 10.2 Å². The average molecular weight is 342 g/mol. The Morgan fingerprint density at radius 2 is 1.88 bits per heavy atom. The van der Waals surface area contributed by atoms with Gasteiger partial charge in [-0.05, 0) is 30.3 Å². The number of pyridine rings is 1. The van der Waals surface area contributed by atoms with Crippen molar-refractivity contribution in [3.63, 3.8) is 0 Å². The summed E-state index contributed by atoms with van der Waals surface area (Å²) in [6.07, 6.45) is 1.49. The number of halogens is 1. The van der Waals surface area contributed by atoms with E-state index in [4.69, 9.17) is 0 Å². The Balaban J connectivity index is 1.48. The van der Waals surface area contributed by atoms with Crippen molar-refractivity contribution in [2.24, 2.45) is 0 Å². The van der Waals surface area contributed by atoms with E-state index >= 15 is 0 Å². The third-order valence-electron chi connectivity index (χ3n) is 4.03. The summed E-state index contributed by atoms with van der Waals surface area (Å²) in [6, 6.07) is 11.3. The normalized spacial score (nSPS) is 14.3. The fourth-order valence-corrected chi connectivity index (χ4v) is 2.75. The second kappa shape index (κ2) is 7.74. The van der Waals surface area contributed by atoms with Crippen molar-refractivity contribution in [1.29, 1.82) is 0 Å². The van der Waals surface area contributed by atoms with Crippen LogP contribution in [0.4, 0.5) is 15.9 Å². The molecule has 1 saturated heterocycles. The van der Waals surface area contributed by atoms with Gasteiger partial charge in [-0.3, -0.25) is 9.59 Å². The maximum absolute atomic E-state index is 13.1. The smallest absolute Gasteiger partial charge is 0.233 e. The third kappa shape index (κ3) is 4.53. The predicted octanol–water partition coefficient (Wildman–Crippen LogP) is 1.90. The van der Waals surface area contributed by atoms with Crippen LogP contribution in [0.1, 0.15) is 6.42 Å². The van der Waals surface area contributed by atoms with Crippen molar-refractivity contribution in [2.45, 2.75) is 6.42 Å². The second-order valence-electron chi connectivity index (χ2n) is 5.79. The minimum Gasteiger partial charge on any atom is -0.353 e. The van der Waals surface area contributed by atoms with Gasteiger partial charge in [0.05, 0.1) is 0 Å². The zero-order valence-electron chi connectivity index (χ0n) is 13.7. The number of hydrogen-bond acceptors (Lipinski definition) is 4. The molecular formula is C18H19FN4O2. The molecule has 1 aromatic carbocycles. The van der Waals surface area contributed by atoms with E-state index in [2.05, 4.69) is 15.2 Å². The molecule has 7 heteroatoms. The van der Waals surface area contributed by atoms with E-state index in [0.717, 1.165) is 5.82 Å². The second-order valence-corrected chi connectivity index (χ2v) is 5.79. The third-order valence-corrected chi connectivity index (χ3v) is 4.03. The molecule has 2 heterocycles. The van der Waals surface area contributed by atoms with E-state index < -0.39 is 11.7 Å². The molecule has 1 fully saturated rings. The molecule has 0 aliphatic carbocycles. The lowest BCUT2D eigenvalue weighted by molar-refractivity contribution is -0.134. The molecule has 0 unspecified atom stereocenters. The number of rotatable bonds is 4. The van der Waals surface area contributed by atoms with Gasteiger partial charge < -0.3 is 15.1 Å². The maximum Gasteiger partial charge on any atom is 0.233 e. The molecule has 1 aliphatic heterocycles. The zero-order valence-corrected chi connectivity index (χ0v) is 13.7. The first-order chi connectivity index (χ1) is 12.1. The average Bonchev–Trinajstić information content (AvgIpc) is 2.62. The molecule has 0 spiro atoms. The summed E-state index contributed by atoms with van der Waals surface area (Å²) < 4.78 is 13.1. The number of benzene rings is 1. The first kappa shape index (κ1) is 16.9. The molecule has 0 radical (unpaired) electrons. The van der Waals surface area contributed by atoms with Crippen LogP contribution in [0.25, 0.3) is 0 Å². The zero-order chi connectivity index (χ0) is 17.6. The molecule has 2 aromatic rings. The Morgan fingerprint density at radius 3 is 2.56 bits per heavy atom. The summed E-state index contributed by atoms with van der Waals surface area (Å²) in [5.74, 6) is -0.217. The maximum atomic E-state index is 13.1. The van der Waals surface area contributed by atoms with Gasteiger partial charge in [-0.25, -0.2) is 9.37 Å². The number of carbonyl (C=O) groups is 2. The van der Waals surface area contributed by atoms with Gasteiger partial charge >= 0.3 is 0 Å². The molecule has 6 nitrogen and oxygen atoms in total. The van der Waals surface area contributed by atoms with Crippen molar-refractivity contribution < 1.29 is 14.0 Å². The molecule has 130 valence electrons. The SMILES string of the molecule is O=C(CC(=O)N1CCN(c2ccccn2)CC1)Nc1cccc(F)c1. The van der Waals surface area contributed by atoms with E-state index in [1.54, 1.807) is 17.2 Å². The lowest BCUT2D eigenvalue weighted by atomic mass is 10.2. The molecule has 1 aliphatic rings. The Bertz CT molecular complexity index is 746. The Morgan fingerprint density at radius 1 is 1.08 bits per heavy atom. The molecule has 25 heavy (non-hydrogen) atoms. The minimum absolute atomic E-state index is 0.227. The fraction of sp³-hybridized carbons (Fsp3) is 0.278. The molecule has 0 atom stereocenters. The summed E-state index contributed by atoms with van der Waals surface area (Å²) in [5, 5.41) is 2.54. The largest absolute Gasteiger partial charge is 0.353 e. The Labute approximate surface area is 145 Å². The van der Waals surface area contributed by atoms with Gasteiger partial charge in [0.2, 0.25) is 11.8 Å². The van der Waals surface area contributed by atoms with E-state index in [9.17, 15) is 14.0 Å². The number of aromatic nitrogens is 1. The van der Waals surface area contributed by atoms with Crippen LogP contribution in [0.5, 0.6) is 0 Å². The van der Waals surface area contributed by atoms with Gasteiger partial charge in [0.15, 0.2) is 0 Å². The van der Waals surface area contributed by atoms with Gasteiger partial charge in [0.1, 0.15) is 18.1 Å². The van der Waals surface area contributed by atoms with Gasteiger partial charge in [0.25, 0.3) is 0 Å². The number of anilines is 2. The van der Waals surface area contributed by atoms with E-state index in [1.807, 2.05) is 18.2 Å². The lowest BCUT2D eigenvalue weighted by Crippen LogP contribution is -2.49. The molecule has 0 saturated carbocycles. The molecule has 1 N–H and O–H groups in total. The van der Waals surface area contributed by atoms with Crippen LogP contribution in [-0.4, -0.2) is 47.9 Å². The quantitative estimate of drug-likeness (QED) is 0.862. The number of nitrogens with zero attached hydrogens (tertiary/aromatic N) is 3. The Hall–Kier alpha value is -2.96. The molecule has 3 rings (SSSR count). The highest BCUT2D eigenvalue weighted by atomic mass is 19.1. The van der Waals surface area contributed by atoms with Crippen molar-refractivity contribution in [2.75, 3.05) is 36.4 Å². The monoisotopic (exact) mass is 342 g/mol. The number of nitrogens with one attached hydrogen (secondary N) is 1. The first-order valence-corrected chi connectivity index (χ1v) is 8.11. The highest BCUT2D eigenvalue weighted by Gasteiger charge is 2.23. The standard InChI is InChI=1S/C18H19FN4O2/c19-14-4-3-5-15(12-14)21-17(24)13-18(25)23-10-8-22(9-11-23)16-6-1-2-7-20-16/h1-7,12H,8-11,13H2,(H,21,24). The van der Waals surface area contributed by atoms with E-state index in [-0.39, 0.29) is 12.3 Å². The minimum atomic E-state index is -0.442. The Kier molecular flexibility index (Phi) is 5.23. The van der Waals surface area contributed by atoms with Crippen LogP contribution in [0.15, 0.2) is 48.7 Å². The topological polar surface area (TPSA) is 65.5 Å². The van der Waals surface area contributed by atoms with Gasteiger partial charge in [-0.15, -0.1) is 0 Å². The summed E-state index contributed by atoms with van der Waals surface area (Å²) in [4.78, 5) is 32.3. The van der Waals surface area contributed by atoms with Crippen molar-refractivity contribution in [1.82, 2.24) is 9.88 Å². The molecule has 1 aromatic heterocycles. The van der Waals surface area contributed by atoms with Gasteiger partial charge in [-0.2, -0.15) is 0 Å². The number of hydrogen-bond donors (Lipinski definition) is 1. The summed E-state index contributed by atoms with van der Waals surface area (Å²) in [6.45, 7) is 2.44. The summed E-state index contributed by atoms with van der Waals surface area (Å²) in [7, 11) is 0. The van der Waals surface area contributed by atoms with Crippen LogP contribution in [0.2, 0.25) is 0 Å². The highest BCUT2D eigenvalue weighted by molar-refractivity contribution is 6.03. The number of carbonyl (C=O) groups excluding carboxylic acids is 2. The number of piperazine rings is 1. The van der Waals surface area contributed by atoms with Gasteiger partial charge in [0, 0.05) is 38.1 Å². The van der Waals surface area contributed by atoms with Gasteiger partial charge in [-0.1, -0.05) is 12.1 Å². The van der Waals surface area contributed by atoms with Crippen LogP contribution in [0, 0.1) is 5.82 Å². The van der Waals surface area contributed by atoms with Crippen LogP contribution >= 0.6 is 0 Å². The van der Waals surface area contributed by atoms with Crippen molar-refractivity contribution >= 4 is 23.3 Å². The van der Waals surface area contributed by atoms with Crippen molar-refractivity contribution in [3.8, 4) is 0 Å². The fourth-order valence-electron chi connectivity index (χ4n) is 2.75. The molecular weight excluding hydrogens is 323 g/mol. The molecule has 0 bridgehead atoms. The predicted molar refractivity (Wildman–Crippen MR) is 92.7 cm³/mol. The summed E-state index contributed by atoms with van der Waals surface area (Å²) in [5.41, 5.74) is 0.345. The van der Waals surface area contributed by atoms with Crippen LogP contribution in [0.3, 0.4) is 0 Å². The van der Waals surface area contributed by atoms with Crippen molar-refractivity contribution in [3.05, 3.63) is 54.5 Å². The summed E-state index contributed by atoms with van der Waals surface area (Å²) >= 11 is 0. The first-order valence-electron chi connectivity index (χ1n) is 8.11. The number of amides is 2. The van der Waals surface area contributed by atoms with E-state index in [1.165, 1.54) is 18.2 Å². The lowest BCUT2D eigenvalue weighted by Gasteiger charge is -2.35. The van der Waals surface area contributed by atoms with Crippen LogP contribution in [-0.2, 0) is 9.59 Å². The molecule has 2 amide bonds. The highest BCUT2D eigenvalue weighted by Crippen LogP contribution is 2.14. The van der Waals surface area contributed by atoms with E-state index in [0.29, 0.717) is 31.9 Å².